The largest absolute Gasteiger partial charge is 0.356 e. The summed E-state index contributed by atoms with van der Waals surface area (Å²) in [5.74, 6) is 0.178. The minimum Gasteiger partial charge on any atom is -0.356 e. The van der Waals surface area contributed by atoms with E-state index in [0.717, 1.165) is 17.7 Å². The van der Waals surface area contributed by atoms with Crippen molar-refractivity contribution in [3.63, 3.8) is 0 Å². The molecule has 0 aromatic heterocycles. The fraction of sp³-hybridized carbons (Fsp3) is 0.529. The summed E-state index contributed by atoms with van der Waals surface area (Å²) < 4.78 is 0. The van der Waals surface area contributed by atoms with Gasteiger partial charge in [-0.1, -0.05) is 26.0 Å². The van der Waals surface area contributed by atoms with Crippen LogP contribution in [0.5, 0.6) is 0 Å². The van der Waals surface area contributed by atoms with Gasteiger partial charge in [0.05, 0.1) is 0 Å². The molecule has 1 aromatic carbocycles. The highest BCUT2D eigenvalue weighted by molar-refractivity contribution is 6.04. The molecular formula is C17H26N2O2. The van der Waals surface area contributed by atoms with E-state index in [0.29, 0.717) is 19.0 Å². The summed E-state index contributed by atoms with van der Waals surface area (Å²) in [6, 6.07) is 7.76. The van der Waals surface area contributed by atoms with Gasteiger partial charge in [0.25, 0.3) is 0 Å². The summed E-state index contributed by atoms with van der Waals surface area (Å²) in [4.78, 5) is 25.7. The number of nitrogens with zero attached hydrogens (tertiary/aromatic N) is 1. The van der Waals surface area contributed by atoms with Crippen molar-refractivity contribution < 1.29 is 9.59 Å². The van der Waals surface area contributed by atoms with Gasteiger partial charge in [0, 0.05) is 18.8 Å². The van der Waals surface area contributed by atoms with Crippen molar-refractivity contribution in [2.45, 2.75) is 40.5 Å². The SMILES string of the molecule is CCN(C(=O)CC(=O)NCCC(C)C)c1cccc(C)c1. The molecule has 1 aromatic rings. The van der Waals surface area contributed by atoms with E-state index in [4.69, 9.17) is 0 Å². The summed E-state index contributed by atoms with van der Waals surface area (Å²) in [7, 11) is 0. The van der Waals surface area contributed by atoms with E-state index in [1.807, 2.05) is 38.1 Å². The van der Waals surface area contributed by atoms with E-state index in [-0.39, 0.29) is 18.2 Å². The molecule has 21 heavy (non-hydrogen) atoms. The van der Waals surface area contributed by atoms with E-state index >= 15 is 0 Å². The predicted molar refractivity (Wildman–Crippen MR) is 86.3 cm³/mol. The smallest absolute Gasteiger partial charge is 0.236 e. The van der Waals surface area contributed by atoms with Crippen molar-refractivity contribution >= 4 is 17.5 Å². The van der Waals surface area contributed by atoms with Crippen molar-refractivity contribution in [1.29, 1.82) is 0 Å². The van der Waals surface area contributed by atoms with Crippen molar-refractivity contribution in [3.8, 4) is 0 Å². The number of rotatable bonds is 7. The standard InChI is InChI=1S/C17H26N2O2/c1-5-19(15-8-6-7-14(4)11-15)17(21)12-16(20)18-10-9-13(2)3/h6-8,11,13H,5,9-10,12H2,1-4H3,(H,18,20). The fourth-order valence-electron chi connectivity index (χ4n) is 2.09. The molecule has 0 spiro atoms. The Morgan fingerprint density at radius 2 is 2.00 bits per heavy atom. The summed E-state index contributed by atoms with van der Waals surface area (Å²) in [6.45, 7) is 9.29. The maximum absolute atomic E-state index is 12.3. The Hall–Kier alpha value is -1.84. The third-order valence-electron chi connectivity index (χ3n) is 3.29. The molecule has 0 saturated heterocycles. The molecule has 0 aliphatic carbocycles. The molecule has 4 heteroatoms. The summed E-state index contributed by atoms with van der Waals surface area (Å²) in [5.41, 5.74) is 1.94. The summed E-state index contributed by atoms with van der Waals surface area (Å²) in [5, 5.41) is 2.80. The Balaban J connectivity index is 2.57. The van der Waals surface area contributed by atoms with Crippen LogP contribution in [-0.4, -0.2) is 24.9 Å². The van der Waals surface area contributed by atoms with E-state index in [9.17, 15) is 9.59 Å². The molecule has 0 aliphatic heterocycles. The number of anilines is 1. The Bertz CT molecular complexity index is 483. The van der Waals surface area contributed by atoms with E-state index in [1.54, 1.807) is 4.90 Å². The van der Waals surface area contributed by atoms with Gasteiger partial charge >= 0.3 is 0 Å². The molecule has 0 bridgehead atoms. The second kappa shape index (κ2) is 8.45. The number of hydrogen-bond acceptors (Lipinski definition) is 2. The van der Waals surface area contributed by atoms with Crippen LogP contribution in [0.15, 0.2) is 24.3 Å². The van der Waals surface area contributed by atoms with Gasteiger partial charge in [0.1, 0.15) is 6.42 Å². The van der Waals surface area contributed by atoms with Crippen molar-refractivity contribution in [2.75, 3.05) is 18.0 Å². The number of benzene rings is 1. The highest BCUT2D eigenvalue weighted by Gasteiger charge is 2.17. The van der Waals surface area contributed by atoms with Gasteiger partial charge in [-0.3, -0.25) is 9.59 Å². The summed E-state index contributed by atoms with van der Waals surface area (Å²) >= 11 is 0. The van der Waals surface area contributed by atoms with Crippen molar-refractivity contribution in [2.24, 2.45) is 5.92 Å². The first-order chi connectivity index (χ1) is 9.93. The Labute approximate surface area is 127 Å². The number of carbonyl (C=O) groups excluding carboxylic acids is 2. The normalized spacial score (nSPS) is 10.5. The third-order valence-corrected chi connectivity index (χ3v) is 3.29. The minimum absolute atomic E-state index is 0.0973. The number of amides is 2. The molecule has 0 heterocycles. The van der Waals surface area contributed by atoms with Crippen LogP contribution in [0.25, 0.3) is 0 Å². The number of aryl methyl sites for hydroxylation is 1. The van der Waals surface area contributed by atoms with Crippen molar-refractivity contribution in [3.05, 3.63) is 29.8 Å². The van der Waals surface area contributed by atoms with E-state index in [1.165, 1.54) is 0 Å². The topological polar surface area (TPSA) is 49.4 Å². The van der Waals surface area contributed by atoms with Crippen LogP contribution in [0.3, 0.4) is 0 Å². The van der Waals surface area contributed by atoms with Crippen LogP contribution in [0.2, 0.25) is 0 Å². The average molecular weight is 290 g/mol. The monoisotopic (exact) mass is 290 g/mol. The van der Waals surface area contributed by atoms with Crippen LogP contribution in [0, 0.1) is 12.8 Å². The van der Waals surface area contributed by atoms with Gasteiger partial charge < -0.3 is 10.2 Å². The molecule has 0 unspecified atom stereocenters. The second-order valence-electron chi connectivity index (χ2n) is 5.69. The Kier molecular flexibility index (Phi) is 6.92. The van der Waals surface area contributed by atoms with Gasteiger partial charge in [-0.25, -0.2) is 0 Å². The zero-order valence-corrected chi connectivity index (χ0v) is 13.5. The zero-order valence-electron chi connectivity index (χ0n) is 13.5. The first kappa shape index (κ1) is 17.2. The van der Waals surface area contributed by atoms with Gasteiger partial charge in [-0.15, -0.1) is 0 Å². The molecule has 0 fully saturated rings. The maximum Gasteiger partial charge on any atom is 0.236 e. The molecular weight excluding hydrogens is 264 g/mol. The quantitative estimate of drug-likeness (QED) is 0.785. The second-order valence-corrected chi connectivity index (χ2v) is 5.69. The highest BCUT2D eigenvalue weighted by Crippen LogP contribution is 2.16. The lowest BCUT2D eigenvalue weighted by molar-refractivity contribution is -0.127. The highest BCUT2D eigenvalue weighted by atomic mass is 16.2. The number of carbonyl (C=O) groups is 2. The summed E-state index contributed by atoms with van der Waals surface area (Å²) in [6.07, 6.45) is 0.829. The molecule has 0 saturated carbocycles. The van der Waals surface area contributed by atoms with Crippen LogP contribution in [0.4, 0.5) is 5.69 Å². The molecule has 0 radical (unpaired) electrons. The number of nitrogens with one attached hydrogen (secondary N) is 1. The van der Waals surface area contributed by atoms with E-state index in [2.05, 4.69) is 19.2 Å². The molecule has 116 valence electrons. The first-order valence-corrected chi connectivity index (χ1v) is 7.57. The van der Waals surface area contributed by atoms with E-state index < -0.39 is 0 Å². The lowest BCUT2D eigenvalue weighted by Crippen LogP contribution is -2.36. The maximum atomic E-state index is 12.3. The Morgan fingerprint density at radius 3 is 2.57 bits per heavy atom. The third kappa shape index (κ3) is 5.98. The van der Waals surface area contributed by atoms with Crippen LogP contribution < -0.4 is 10.2 Å². The lowest BCUT2D eigenvalue weighted by atomic mass is 10.1. The van der Waals surface area contributed by atoms with Crippen LogP contribution >= 0.6 is 0 Å². The Morgan fingerprint density at radius 1 is 1.29 bits per heavy atom. The van der Waals surface area contributed by atoms with Crippen LogP contribution in [-0.2, 0) is 9.59 Å². The minimum atomic E-state index is -0.202. The van der Waals surface area contributed by atoms with Gasteiger partial charge in [0.15, 0.2) is 0 Å². The predicted octanol–water partition coefficient (Wildman–Crippen LogP) is 2.90. The lowest BCUT2D eigenvalue weighted by Gasteiger charge is -2.21. The van der Waals surface area contributed by atoms with Gasteiger partial charge in [0.2, 0.25) is 11.8 Å². The zero-order chi connectivity index (χ0) is 15.8. The van der Waals surface area contributed by atoms with Gasteiger partial charge in [-0.2, -0.15) is 0 Å². The number of hydrogen-bond donors (Lipinski definition) is 1. The molecule has 1 N–H and O–H groups in total. The fourth-order valence-corrected chi connectivity index (χ4v) is 2.09. The molecule has 0 aliphatic rings. The molecule has 1 rings (SSSR count). The molecule has 0 atom stereocenters. The average Bonchev–Trinajstić information content (AvgIpc) is 2.39. The van der Waals surface area contributed by atoms with Crippen molar-refractivity contribution in [1.82, 2.24) is 5.32 Å². The van der Waals surface area contributed by atoms with Gasteiger partial charge in [-0.05, 0) is 43.9 Å². The first-order valence-electron chi connectivity index (χ1n) is 7.57. The van der Waals surface area contributed by atoms with Crippen LogP contribution in [0.1, 0.15) is 39.2 Å². The molecule has 4 nitrogen and oxygen atoms in total. The molecule has 2 amide bonds.